The molecular formula is C20H23ClN4O2. The molecule has 2 aromatic rings. The van der Waals surface area contributed by atoms with Crippen molar-refractivity contribution in [2.24, 2.45) is 0 Å². The molecule has 1 aromatic carbocycles. The van der Waals surface area contributed by atoms with Crippen LogP contribution >= 0.6 is 11.6 Å². The van der Waals surface area contributed by atoms with Crippen LogP contribution in [-0.4, -0.2) is 48.2 Å². The molecule has 2 amide bonds. The Morgan fingerprint density at radius 1 is 1.19 bits per heavy atom. The maximum absolute atomic E-state index is 12.7. The van der Waals surface area contributed by atoms with E-state index < -0.39 is 0 Å². The van der Waals surface area contributed by atoms with Gasteiger partial charge in [-0.25, -0.2) is 9.78 Å². The molecule has 6 nitrogen and oxygen atoms in total. The third-order valence-corrected chi connectivity index (χ3v) is 5.20. The standard InChI is InChI=1S/C20H23ClN4O2/c21-15-5-3-6-16(13-15)27-17-8-12-25(14-17)20(26)23-18-7-4-9-22-19(18)24-10-1-2-11-24/h3-7,9,13,17H,1-2,8,10-12,14H2,(H,23,26). The average Bonchev–Trinajstić information content (AvgIpc) is 3.34. The first-order valence-corrected chi connectivity index (χ1v) is 9.75. The maximum Gasteiger partial charge on any atom is 0.322 e. The number of carbonyl (C=O) groups is 1. The lowest BCUT2D eigenvalue weighted by atomic mass is 10.3. The second-order valence-electron chi connectivity index (χ2n) is 6.93. The van der Waals surface area contributed by atoms with Crippen molar-refractivity contribution in [1.29, 1.82) is 0 Å². The first-order chi connectivity index (χ1) is 13.2. The number of hydrogen-bond acceptors (Lipinski definition) is 4. The Balaban J connectivity index is 1.37. The lowest BCUT2D eigenvalue weighted by Gasteiger charge is -2.22. The van der Waals surface area contributed by atoms with E-state index in [1.165, 1.54) is 12.8 Å². The lowest BCUT2D eigenvalue weighted by molar-refractivity contribution is 0.195. The summed E-state index contributed by atoms with van der Waals surface area (Å²) in [6, 6.07) is 11.0. The SMILES string of the molecule is O=C(Nc1cccnc1N1CCCC1)N1CCC(Oc2cccc(Cl)c2)C1. The number of pyridine rings is 1. The number of ether oxygens (including phenoxy) is 1. The van der Waals surface area contributed by atoms with Crippen LogP contribution in [0.5, 0.6) is 5.75 Å². The van der Waals surface area contributed by atoms with Crippen molar-refractivity contribution in [3.05, 3.63) is 47.6 Å². The highest BCUT2D eigenvalue weighted by Crippen LogP contribution is 2.27. The van der Waals surface area contributed by atoms with E-state index in [1.54, 1.807) is 17.2 Å². The molecule has 0 spiro atoms. The molecule has 1 unspecified atom stereocenters. The molecule has 2 saturated heterocycles. The highest BCUT2D eigenvalue weighted by atomic mass is 35.5. The third kappa shape index (κ3) is 4.27. The van der Waals surface area contributed by atoms with Gasteiger partial charge in [0.05, 0.1) is 12.2 Å². The summed E-state index contributed by atoms with van der Waals surface area (Å²) in [7, 11) is 0. The van der Waals surface area contributed by atoms with Crippen molar-refractivity contribution in [2.75, 3.05) is 36.4 Å². The number of rotatable bonds is 4. The second kappa shape index (κ2) is 8.05. The highest BCUT2D eigenvalue weighted by molar-refractivity contribution is 6.30. The lowest BCUT2D eigenvalue weighted by Crippen LogP contribution is -2.35. The topological polar surface area (TPSA) is 57.7 Å². The number of aromatic nitrogens is 1. The molecule has 1 aromatic heterocycles. The van der Waals surface area contributed by atoms with Gasteiger partial charge in [-0.05, 0) is 43.2 Å². The molecule has 2 aliphatic heterocycles. The summed E-state index contributed by atoms with van der Waals surface area (Å²) in [6.45, 7) is 3.19. The smallest absolute Gasteiger partial charge is 0.322 e. The van der Waals surface area contributed by atoms with Crippen LogP contribution in [0.2, 0.25) is 5.02 Å². The number of anilines is 2. The number of hydrogen-bond donors (Lipinski definition) is 1. The van der Waals surface area contributed by atoms with Gasteiger partial charge in [-0.1, -0.05) is 17.7 Å². The van der Waals surface area contributed by atoms with Crippen LogP contribution in [0.1, 0.15) is 19.3 Å². The number of urea groups is 1. The number of benzene rings is 1. The highest BCUT2D eigenvalue weighted by Gasteiger charge is 2.28. The maximum atomic E-state index is 12.7. The predicted octanol–water partition coefficient (Wildman–Crippen LogP) is 4.02. The normalized spacial score (nSPS) is 19.4. The van der Waals surface area contributed by atoms with Crippen LogP contribution in [0, 0.1) is 0 Å². The van der Waals surface area contributed by atoms with Gasteiger partial charge in [0, 0.05) is 37.3 Å². The molecule has 2 fully saturated rings. The average molecular weight is 387 g/mol. The van der Waals surface area contributed by atoms with Crippen molar-refractivity contribution < 1.29 is 9.53 Å². The van der Waals surface area contributed by atoms with E-state index in [4.69, 9.17) is 16.3 Å². The van der Waals surface area contributed by atoms with Crippen LogP contribution < -0.4 is 15.0 Å². The van der Waals surface area contributed by atoms with Gasteiger partial charge < -0.3 is 19.9 Å². The number of likely N-dealkylation sites (tertiary alicyclic amines) is 1. The summed E-state index contributed by atoms with van der Waals surface area (Å²) in [5, 5.41) is 3.67. The molecule has 0 saturated carbocycles. The summed E-state index contributed by atoms with van der Waals surface area (Å²) < 4.78 is 5.97. The summed E-state index contributed by atoms with van der Waals surface area (Å²) in [5.41, 5.74) is 0.767. The Kier molecular flexibility index (Phi) is 5.34. The van der Waals surface area contributed by atoms with E-state index >= 15 is 0 Å². The van der Waals surface area contributed by atoms with Gasteiger partial charge in [-0.3, -0.25) is 0 Å². The van der Waals surface area contributed by atoms with Gasteiger partial charge in [-0.2, -0.15) is 0 Å². The molecule has 0 bridgehead atoms. The zero-order valence-corrected chi connectivity index (χ0v) is 15.9. The molecule has 142 valence electrons. The Labute approximate surface area is 164 Å². The fraction of sp³-hybridized carbons (Fsp3) is 0.400. The fourth-order valence-corrected chi connectivity index (χ4v) is 3.79. The summed E-state index contributed by atoms with van der Waals surface area (Å²) in [5.74, 6) is 1.59. The number of halogens is 1. The van der Waals surface area contributed by atoms with Gasteiger partial charge in [0.15, 0.2) is 5.82 Å². The van der Waals surface area contributed by atoms with E-state index in [2.05, 4.69) is 15.2 Å². The molecule has 1 atom stereocenters. The van der Waals surface area contributed by atoms with Crippen LogP contribution in [0.4, 0.5) is 16.3 Å². The predicted molar refractivity (Wildman–Crippen MR) is 107 cm³/mol. The monoisotopic (exact) mass is 386 g/mol. The van der Waals surface area contributed by atoms with Crippen molar-refractivity contribution >= 4 is 29.1 Å². The third-order valence-electron chi connectivity index (χ3n) is 4.96. The van der Waals surface area contributed by atoms with Gasteiger partial charge >= 0.3 is 6.03 Å². The van der Waals surface area contributed by atoms with E-state index in [9.17, 15) is 4.79 Å². The molecule has 2 aliphatic rings. The Hall–Kier alpha value is -2.47. The number of carbonyl (C=O) groups excluding carboxylic acids is 1. The van der Waals surface area contributed by atoms with E-state index in [1.807, 2.05) is 30.3 Å². The minimum Gasteiger partial charge on any atom is -0.488 e. The zero-order valence-electron chi connectivity index (χ0n) is 15.1. The van der Waals surface area contributed by atoms with Crippen LogP contribution in [-0.2, 0) is 0 Å². The minimum absolute atomic E-state index is 0.0267. The van der Waals surface area contributed by atoms with Gasteiger partial charge in [0.2, 0.25) is 0 Å². The van der Waals surface area contributed by atoms with Crippen LogP contribution in [0.25, 0.3) is 0 Å². The molecule has 0 aliphatic carbocycles. The first kappa shape index (κ1) is 17.9. The molecule has 4 rings (SSSR count). The van der Waals surface area contributed by atoms with Crippen molar-refractivity contribution in [2.45, 2.75) is 25.4 Å². The Morgan fingerprint density at radius 3 is 2.85 bits per heavy atom. The van der Waals surface area contributed by atoms with E-state index in [0.29, 0.717) is 18.1 Å². The minimum atomic E-state index is -0.111. The number of nitrogens with one attached hydrogen (secondary N) is 1. The molecular weight excluding hydrogens is 364 g/mol. The van der Waals surface area contributed by atoms with Crippen molar-refractivity contribution in [3.8, 4) is 5.75 Å². The fourth-order valence-electron chi connectivity index (χ4n) is 3.61. The van der Waals surface area contributed by atoms with Gasteiger partial charge in [0.25, 0.3) is 0 Å². The zero-order chi connectivity index (χ0) is 18.6. The molecule has 3 heterocycles. The molecule has 7 heteroatoms. The van der Waals surface area contributed by atoms with Crippen LogP contribution in [0.3, 0.4) is 0 Å². The molecule has 0 radical (unpaired) electrons. The quantitative estimate of drug-likeness (QED) is 0.862. The number of nitrogens with zero attached hydrogens (tertiary/aromatic N) is 3. The van der Waals surface area contributed by atoms with E-state index in [0.717, 1.165) is 36.8 Å². The van der Waals surface area contributed by atoms with Crippen molar-refractivity contribution in [1.82, 2.24) is 9.88 Å². The Bertz CT molecular complexity index is 810. The first-order valence-electron chi connectivity index (χ1n) is 9.37. The van der Waals surface area contributed by atoms with Gasteiger partial charge in [-0.15, -0.1) is 0 Å². The Morgan fingerprint density at radius 2 is 2.04 bits per heavy atom. The summed E-state index contributed by atoms with van der Waals surface area (Å²) in [6.07, 6.45) is 4.87. The van der Waals surface area contributed by atoms with Crippen LogP contribution in [0.15, 0.2) is 42.6 Å². The number of amides is 2. The molecule has 27 heavy (non-hydrogen) atoms. The van der Waals surface area contributed by atoms with Crippen molar-refractivity contribution in [3.63, 3.8) is 0 Å². The molecule has 1 N–H and O–H groups in total. The second-order valence-corrected chi connectivity index (χ2v) is 7.37. The summed E-state index contributed by atoms with van der Waals surface area (Å²) in [4.78, 5) is 21.2. The van der Waals surface area contributed by atoms with E-state index in [-0.39, 0.29) is 12.1 Å². The van der Waals surface area contributed by atoms with Gasteiger partial charge in [0.1, 0.15) is 11.9 Å². The largest absolute Gasteiger partial charge is 0.488 e. The summed E-state index contributed by atoms with van der Waals surface area (Å²) >= 11 is 6.00.